The van der Waals surface area contributed by atoms with E-state index in [4.69, 9.17) is 14.2 Å². The number of hydrogen-bond donors (Lipinski definition) is 2. The monoisotopic (exact) mass is 395 g/mol. The molecule has 0 saturated carbocycles. The Hall–Kier alpha value is -2.73. The first-order valence-electron chi connectivity index (χ1n) is 10.2. The lowest BCUT2D eigenvalue weighted by atomic mass is 9.74. The van der Waals surface area contributed by atoms with Gasteiger partial charge in [0.1, 0.15) is 0 Å². The molecular weight excluding hydrogens is 366 g/mol. The van der Waals surface area contributed by atoms with Crippen LogP contribution >= 0.6 is 0 Å². The molecule has 154 valence electrons. The highest BCUT2D eigenvalue weighted by molar-refractivity contribution is 5.79. The molecule has 2 heterocycles. The van der Waals surface area contributed by atoms with Crippen molar-refractivity contribution in [3.05, 3.63) is 59.2 Å². The van der Waals surface area contributed by atoms with Crippen LogP contribution < -0.4 is 20.1 Å². The quantitative estimate of drug-likeness (QED) is 0.602. The fourth-order valence-corrected chi connectivity index (χ4v) is 4.04. The Morgan fingerprint density at radius 1 is 1.03 bits per heavy atom. The number of aliphatic imine (C=N–C) groups is 1. The predicted molar refractivity (Wildman–Crippen MR) is 114 cm³/mol. The molecule has 1 saturated heterocycles. The molecule has 6 heteroatoms. The summed E-state index contributed by atoms with van der Waals surface area (Å²) in [4.78, 5) is 4.41. The minimum Gasteiger partial charge on any atom is -0.454 e. The second-order valence-electron chi connectivity index (χ2n) is 7.73. The van der Waals surface area contributed by atoms with Gasteiger partial charge in [0.25, 0.3) is 0 Å². The largest absolute Gasteiger partial charge is 0.454 e. The Kier molecular flexibility index (Phi) is 5.90. The number of nitrogens with zero attached hydrogens (tertiary/aromatic N) is 1. The third-order valence-electron chi connectivity index (χ3n) is 5.80. The Labute approximate surface area is 172 Å². The summed E-state index contributed by atoms with van der Waals surface area (Å²) < 4.78 is 16.7. The molecule has 2 aliphatic rings. The van der Waals surface area contributed by atoms with Crippen LogP contribution in [0.2, 0.25) is 0 Å². The van der Waals surface area contributed by atoms with Crippen molar-refractivity contribution >= 4 is 5.96 Å². The fourth-order valence-electron chi connectivity index (χ4n) is 4.04. The zero-order valence-corrected chi connectivity index (χ0v) is 17.2. The van der Waals surface area contributed by atoms with E-state index in [1.807, 2.05) is 13.1 Å². The molecule has 0 radical (unpaired) electrons. The number of benzene rings is 2. The maximum Gasteiger partial charge on any atom is 0.231 e. The van der Waals surface area contributed by atoms with Gasteiger partial charge < -0.3 is 24.8 Å². The topological polar surface area (TPSA) is 64.1 Å². The minimum absolute atomic E-state index is 0.0276. The van der Waals surface area contributed by atoms with Gasteiger partial charge in [0.15, 0.2) is 17.5 Å². The van der Waals surface area contributed by atoms with Gasteiger partial charge in [0.2, 0.25) is 6.79 Å². The summed E-state index contributed by atoms with van der Waals surface area (Å²) in [7, 11) is 1.81. The van der Waals surface area contributed by atoms with Crippen LogP contribution in [0.4, 0.5) is 0 Å². The molecule has 0 aliphatic carbocycles. The fraction of sp³-hybridized carbons (Fsp3) is 0.435. The van der Waals surface area contributed by atoms with Crippen molar-refractivity contribution in [1.82, 2.24) is 10.6 Å². The van der Waals surface area contributed by atoms with Crippen LogP contribution in [0.1, 0.15) is 29.5 Å². The number of guanidine groups is 1. The van der Waals surface area contributed by atoms with Gasteiger partial charge in [-0.3, -0.25) is 4.99 Å². The van der Waals surface area contributed by atoms with Gasteiger partial charge in [0.05, 0.1) is 0 Å². The third kappa shape index (κ3) is 4.48. The van der Waals surface area contributed by atoms with Gasteiger partial charge in [-0.2, -0.15) is 0 Å². The molecule has 2 aromatic carbocycles. The van der Waals surface area contributed by atoms with Gasteiger partial charge in [-0.1, -0.05) is 35.9 Å². The van der Waals surface area contributed by atoms with E-state index in [9.17, 15) is 0 Å². The molecule has 29 heavy (non-hydrogen) atoms. The van der Waals surface area contributed by atoms with Crippen molar-refractivity contribution in [1.29, 1.82) is 0 Å². The Morgan fingerprint density at radius 2 is 1.86 bits per heavy atom. The molecule has 0 spiro atoms. The van der Waals surface area contributed by atoms with E-state index in [1.165, 1.54) is 16.7 Å². The summed E-state index contributed by atoms with van der Waals surface area (Å²) in [6, 6.07) is 14.8. The molecular formula is C23H29N3O3. The van der Waals surface area contributed by atoms with Crippen molar-refractivity contribution in [2.45, 2.75) is 31.7 Å². The van der Waals surface area contributed by atoms with Gasteiger partial charge >= 0.3 is 0 Å². The van der Waals surface area contributed by atoms with E-state index in [-0.39, 0.29) is 5.41 Å². The van der Waals surface area contributed by atoms with Crippen LogP contribution in [-0.4, -0.2) is 39.6 Å². The molecule has 2 aliphatic heterocycles. The molecule has 0 atom stereocenters. The maximum absolute atomic E-state index is 5.66. The highest BCUT2D eigenvalue weighted by Crippen LogP contribution is 2.40. The van der Waals surface area contributed by atoms with Crippen molar-refractivity contribution in [2.24, 2.45) is 4.99 Å². The second-order valence-corrected chi connectivity index (χ2v) is 7.73. The number of aryl methyl sites for hydroxylation is 1. The molecule has 4 rings (SSSR count). The van der Waals surface area contributed by atoms with E-state index < -0.39 is 0 Å². The first-order valence-corrected chi connectivity index (χ1v) is 10.2. The van der Waals surface area contributed by atoms with Crippen LogP contribution in [-0.2, 0) is 16.7 Å². The first kappa shape index (κ1) is 19.6. The van der Waals surface area contributed by atoms with Crippen LogP contribution in [0.15, 0.2) is 47.5 Å². The van der Waals surface area contributed by atoms with Crippen molar-refractivity contribution < 1.29 is 14.2 Å². The zero-order valence-electron chi connectivity index (χ0n) is 17.2. The molecule has 6 nitrogen and oxygen atoms in total. The summed E-state index contributed by atoms with van der Waals surface area (Å²) in [6.07, 6.45) is 1.91. The Morgan fingerprint density at radius 3 is 2.66 bits per heavy atom. The Bertz CT molecular complexity index is 875. The standard InChI is InChI=1S/C23H29N3O3/c1-17-4-3-5-18(12-17)14-25-22(24-2)26-15-23(8-10-27-11-9-23)19-6-7-20-21(13-19)29-16-28-20/h3-7,12-13H,8-11,14-16H2,1-2H3,(H2,24,25,26). The molecule has 0 amide bonds. The highest BCUT2D eigenvalue weighted by atomic mass is 16.7. The molecule has 0 aromatic heterocycles. The maximum atomic E-state index is 5.66. The van der Waals surface area contributed by atoms with Crippen LogP contribution in [0.3, 0.4) is 0 Å². The lowest BCUT2D eigenvalue weighted by Crippen LogP contribution is -2.47. The summed E-state index contributed by atoms with van der Waals surface area (Å²) in [6.45, 7) is 5.43. The van der Waals surface area contributed by atoms with Gasteiger partial charge in [0, 0.05) is 38.8 Å². The molecule has 2 N–H and O–H groups in total. The lowest BCUT2D eigenvalue weighted by molar-refractivity contribution is 0.0513. The first-order chi connectivity index (χ1) is 14.2. The smallest absolute Gasteiger partial charge is 0.231 e. The minimum atomic E-state index is -0.0276. The number of rotatable bonds is 5. The van der Waals surface area contributed by atoms with Gasteiger partial charge in [-0.05, 0) is 43.0 Å². The van der Waals surface area contributed by atoms with E-state index >= 15 is 0 Å². The van der Waals surface area contributed by atoms with Crippen LogP contribution in [0, 0.1) is 6.92 Å². The second kappa shape index (κ2) is 8.74. The van der Waals surface area contributed by atoms with Crippen molar-refractivity contribution in [3.8, 4) is 11.5 Å². The van der Waals surface area contributed by atoms with E-state index in [0.29, 0.717) is 6.79 Å². The van der Waals surface area contributed by atoms with Gasteiger partial charge in [-0.25, -0.2) is 0 Å². The summed E-state index contributed by atoms with van der Waals surface area (Å²) >= 11 is 0. The average molecular weight is 396 g/mol. The van der Waals surface area contributed by atoms with Crippen molar-refractivity contribution in [2.75, 3.05) is 33.6 Å². The average Bonchev–Trinajstić information content (AvgIpc) is 3.22. The normalized spacial score (nSPS) is 17.8. The number of fused-ring (bicyclic) bond motifs is 1. The van der Waals surface area contributed by atoms with E-state index in [1.54, 1.807) is 0 Å². The zero-order chi connectivity index (χ0) is 20.1. The van der Waals surface area contributed by atoms with Crippen LogP contribution in [0.25, 0.3) is 0 Å². The molecule has 0 unspecified atom stereocenters. The third-order valence-corrected chi connectivity index (χ3v) is 5.80. The highest BCUT2D eigenvalue weighted by Gasteiger charge is 2.35. The lowest BCUT2D eigenvalue weighted by Gasteiger charge is -2.38. The molecule has 2 aromatic rings. The van der Waals surface area contributed by atoms with E-state index in [2.05, 4.69) is 58.9 Å². The van der Waals surface area contributed by atoms with Crippen molar-refractivity contribution in [3.63, 3.8) is 0 Å². The van der Waals surface area contributed by atoms with Gasteiger partial charge in [-0.15, -0.1) is 0 Å². The predicted octanol–water partition coefficient (Wildman–Crippen LogP) is 3.14. The summed E-state index contributed by atoms with van der Waals surface area (Å²) in [5, 5.41) is 6.97. The SMILES string of the molecule is CN=C(NCc1cccc(C)c1)NCC1(c2ccc3c(c2)OCO3)CCOCC1. The molecule has 1 fully saturated rings. The summed E-state index contributed by atoms with van der Waals surface area (Å²) in [5.74, 6) is 2.45. The van der Waals surface area contributed by atoms with E-state index in [0.717, 1.165) is 56.6 Å². The number of ether oxygens (including phenoxy) is 3. The summed E-state index contributed by atoms with van der Waals surface area (Å²) in [5.41, 5.74) is 3.73. The Balaban J connectivity index is 1.45. The number of nitrogens with one attached hydrogen (secondary N) is 2. The number of hydrogen-bond acceptors (Lipinski definition) is 4. The molecule has 0 bridgehead atoms. The van der Waals surface area contributed by atoms with Crippen LogP contribution in [0.5, 0.6) is 11.5 Å².